The zero-order valence-electron chi connectivity index (χ0n) is 22.1. The summed E-state index contributed by atoms with van der Waals surface area (Å²) in [7, 11) is 0. The van der Waals surface area contributed by atoms with Crippen LogP contribution in [0.3, 0.4) is 0 Å². The normalized spacial score (nSPS) is 41.5. The van der Waals surface area contributed by atoms with Crippen molar-refractivity contribution >= 4 is 0 Å². The summed E-state index contributed by atoms with van der Waals surface area (Å²) in [5.74, 6) is 4.79. The molecule has 3 saturated carbocycles. The Hall–Kier alpha value is -0.300. The molecule has 0 aromatic rings. The maximum Gasteiger partial charge on any atom is 0.0612 e. The molecule has 0 aliphatic heterocycles. The second-order valence-electron chi connectivity index (χ2n) is 12.1. The number of fused-ring (bicyclic) bond motifs is 5. The van der Waals surface area contributed by atoms with Crippen LogP contribution >= 0.6 is 0 Å². The lowest BCUT2D eigenvalue weighted by molar-refractivity contribution is -0.0577. The smallest absolute Gasteiger partial charge is 0.0612 e. The minimum absolute atomic E-state index is 0.479. The molecule has 0 aromatic heterocycles. The second kappa shape index (κ2) is 10.8. The molecule has 7 atom stereocenters. The van der Waals surface area contributed by atoms with Crippen LogP contribution in [0, 0.1) is 40.4 Å². The first-order valence-electron chi connectivity index (χ1n) is 14.2. The number of hydrogen-bond donors (Lipinski definition) is 0. The Morgan fingerprint density at radius 2 is 1.77 bits per heavy atom. The standard InChI is InChI=1S/C28H48O.C2H6/c1-6-29-23-15-17-28(5)22(19-23)11-13-24-25-14-12-21(10-8-7-9-20(2)3)27(25,4)18-16-26(24)28;1-2/h11,20-21,23-26H,6-10,12-19H2,1-5H3;1-2H3. The molecular formula is C30H54O. The molecule has 0 aromatic carbocycles. The molecule has 4 aliphatic rings. The Bertz CT molecular complexity index is 591. The molecule has 3 fully saturated rings. The summed E-state index contributed by atoms with van der Waals surface area (Å²) in [6.45, 7) is 17.1. The van der Waals surface area contributed by atoms with Crippen LogP contribution in [0.15, 0.2) is 11.6 Å². The highest BCUT2D eigenvalue weighted by atomic mass is 16.5. The summed E-state index contributed by atoms with van der Waals surface area (Å²) in [5, 5.41) is 0. The van der Waals surface area contributed by atoms with E-state index in [9.17, 15) is 0 Å². The topological polar surface area (TPSA) is 9.23 Å². The Morgan fingerprint density at radius 1 is 1.00 bits per heavy atom. The lowest BCUT2D eigenvalue weighted by Gasteiger charge is -2.58. The van der Waals surface area contributed by atoms with Crippen molar-refractivity contribution in [3.63, 3.8) is 0 Å². The van der Waals surface area contributed by atoms with Crippen molar-refractivity contribution < 1.29 is 4.74 Å². The third kappa shape index (κ3) is 4.97. The van der Waals surface area contributed by atoms with Crippen LogP contribution in [0.25, 0.3) is 0 Å². The molecule has 0 bridgehead atoms. The van der Waals surface area contributed by atoms with Crippen LogP contribution in [0.4, 0.5) is 0 Å². The van der Waals surface area contributed by atoms with Gasteiger partial charge in [0.2, 0.25) is 0 Å². The molecule has 7 unspecified atom stereocenters. The fourth-order valence-electron chi connectivity index (χ4n) is 8.53. The summed E-state index contributed by atoms with van der Waals surface area (Å²) >= 11 is 0. The highest BCUT2D eigenvalue weighted by Crippen LogP contribution is 2.66. The average molecular weight is 431 g/mol. The van der Waals surface area contributed by atoms with Gasteiger partial charge >= 0.3 is 0 Å². The first-order chi connectivity index (χ1) is 14.9. The largest absolute Gasteiger partial charge is 0.378 e. The van der Waals surface area contributed by atoms with E-state index in [1.165, 1.54) is 77.0 Å². The van der Waals surface area contributed by atoms with Crippen LogP contribution in [0.2, 0.25) is 0 Å². The van der Waals surface area contributed by atoms with Crippen LogP contribution in [0.5, 0.6) is 0 Å². The molecule has 0 N–H and O–H groups in total. The number of ether oxygens (including phenoxy) is 1. The molecule has 0 saturated heterocycles. The van der Waals surface area contributed by atoms with Crippen molar-refractivity contribution in [1.82, 2.24) is 0 Å². The van der Waals surface area contributed by atoms with Gasteiger partial charge in [-0.05, 0) is 105 Å². The van der Waals surface area contributed by atoms with Crippen molar-refractivity contribution in [3.05, 3.63) is 11.6 Å². The van der Waals surface area contributed by atoms with Gasteiger partial charge in [0.05, 0.1) is 6.10 Å². The Morgan fingerprint density at radius 3 is 2.48 bits per heavy atom. The maximum atomic E-state index is 6.03. The van der Waals surface area contributed by atoms with Crippen LogP contribution in [-0.2, 0) is 4.74 Å². The predicted molar refractivity (Wildman–Crippen MR) is 135 cm³/mol. The zero-order chi connectivity index (χ0) is 22.6. The quantitative estimate of drug-likeness (QED) is 0.289. The summed E-state index contributed by atoms with van der Waals surface area (Å²) in [6.07, 6.45) is 20.3. The van der Waals surface area contributed by atoms with E-state index >= 15 is 0 Å². The van der Waals surface area contributed by atoms with Gasteiger partial charge in [0, 0.05) is 6.61 Å². The number of unbranched alkanes of at least 4 members (excludes halogenated alkanes) is 1. The lowest BCUT2D eigenvalue weighted by Crippen LogP contribution is -2.50. The van der Waals surface area contributed by atoms with Gasteiger partial charge in [0.15, 0.2) is 0 Å². The molecule has 4 aliphatic carbocycles. The minimum Gasteiger partial charge on any atom is -0.378 e. The number of hydrogen-bond acceptors (Lipinski definition) is 1. The molecule has 0 amide bonds. The summed E-state index contributed by atoms with van der Waals surface area (Å²) in [5.41, 5.74) is 2.89. The van der Waals surface area contributed by atoms with Gasteiger partial charge in [-0.2, -0.15) is 0 Å². The van der Waals surface area contributed by atoms with Gasteiger partial charge < -0.3 is 4.74 Å². The van der Waals surface area contributed by atoms with Crippen LogP contribution < -0.4 is 0 Å². The number of rotatable bonds is 7. The van der Waals surface area contributed by atoms with Crippen LogP contribution in [-0.4, -0.2) is 12.7 Å². The molecular weight excluding hydrogens is 376 g/mol. The van der Waals surface area contributed by atoms with Gasteiger partial charge in [0.25, 0.3) is 0 Å². The Kier molecular flexibility index (Phi) is 8.78. The molecule has 31 heavy (non-hydrogen) atoms. The van der Waals surface area contributed by atoms with Crippen molar-refractivity contribution in [2.45, 2.75) is 132 Å². The third-order valence-corrected chi connectivity index (χ3v) is 10.2. The Labute approximate surface area is 195 Å². The van der Waals surface area contributed by atoms with E-state index < -0.39 is 0 Å². The van der Waals surface area contributed by atoms with E-state index in [1.54, 1.807) is 5.57 Å². The van der Waals surface area contributed by atoms with Crippen molar-refractivity contribution in [2.75, 3.05) is 6.61 Å². The highest BCUT2D eigenvalue weighted by Gasteiger charge is 2.58. The lowest BCUT2D eigenvalue weighted by atomic mass is 9.47. The first-order valence-corrected chi connectivity index (χ1v) is 14.2. The third-order valence-electron chi connectivity index (χ3n) is 10.2. The SMILES string of the molecule is CC.CCOC1CCC2(C)C(=CCC3C2CCC2(C)C(CCCCC(C)C)CCC32)C1. The van der Waals surface area contributed by atoms with E-state index in [0.29, 0.717) is 16.9 Å². The second-order valence-corrected chi connectivity index (χ2v) is 12.1. The van der Waals surface area contributed by atoms with Gasteiger partial charge in [-0.1, -0.05) is 72.5 Å². The number of allylic oxidation sites excluding steroid dienone is 1. The molecule has 180 valence electrons. The van der Waals surface area contributed by atoms with Crippen LogP contribution in [0.1, 0.15) is 126 Å². The van der Waals surface area contributed by atoms with Gasteiger partial charge in [0.1, 0.15) is 0 Å². The summed E-state index contributed by atoms with van der Waals surface area (Å²) < 4.78 is 6.03. The Balaban J connectivity index is 0.00000132. The van der Waals surface area contributed by atoms with Gasteiger partial charge in [-0.3, -0.25) is 0 Å². The van der Waals surface area contributed by atoms with E-state index in [-0.39, 0.29) is 0 Å². The minimum atomic E-state index is 0.479. The average Bonchev–Trinajstić information content (AvgIpc) is 3.09. The highest BCUT2D eigenvalue weighted by molar-refractivity contribution is 5.25. The van der Waals surface area contributed by atoms with E-state index in [2.05, 4.69) is 40.7 Å². The monoisotopic (exact) mass is 430 g/mol. The van der Waals surface area contributed by atoms with E-state index in [0.717, 1.165) is 36.2 Å². The van der Waals surface area contributed by atoms with Gasteiger partial charge in [-0.15, -0.1) is 0 Å². The maximum absolute atomic E-state index is 6.03. The van der Waals surface area contributed by atoms with Crippen molar-refractivity contribution in [3.8, 4) is 0 Å². The summed E-state index contributed by atoms with van der Waals surface area (Å²) in [6, 6.07) is 0. The van der Waals surface area contributed by atoms with E-state index in [1.807, 2.05) is 13.8 Å². The van der Waals surface area contributed by atoms with Crippen molar-refractivity contribution in [2.24, 2.45) is 40.4 Å². The molecule has 0 spiro atoms. The van der Waals surface area contributed by atoms with E-state index in [4.69, 9.17) is 4.74 Å². The molecule has 0 radical (unpaired) electrons. The van der Waals surface area contributed by atoms with Gasteiger partial charge in [-0.25, -0.2) is 0 Å². The molecule has 0 heterocycles. The zero-order valence-corrected chi connectivity index (χ0v) is 22.1. The van der Waals surface area contributed by atoms with Crippen molar-refractivity contribution in [1.29, 1.82) is 0 Å². The molecule has 4 rings (SSSR count). The fraction of sp³-hybridized carbons (Fsp3) is 0.933. The molecule has 1 nitrogen and oxygen atoms in total. The molecule has 1 heteroatoms. The summed E-state index contributed by atoms with van der Waals surface area (Å²) in [4.78, 5) is 0. The first kappa shape index (κ1) is 25.3. The fourth-order valence-corrected chi connectivity index (χ4v) is 8.53. The predicted octanol–water partition coefficient (Wildman–Crippen LogP) is 9.21.